The highest BCUT2D eigenvalue weighted by atomic mass is 19.1. The number of halogens is 1. The highest BCUT2D eigenvalue weighted by Crippen LogP contribution is 2.13. The van der Waals surface area contributed by atoms with E-state index in [0.29, 0.717) is 5.69 Å². The normalized spacial score (nSPS) is 11.5. The SMILES string of the molecule is CN(C(=O)NC(CCC(N)=O)C(=O)O)c1ccc(F)cc1. The topological polar surface area (TPSA) is 113 Å². The minimum atomic E-state index is -1.27. The van der Waals surface area contributed by atoms with Crippen LogP contribution in [0.4, 0.5) is 14.9 Å². The number of carbonyl (C=O) groups is 3. The molecular formula is C13H16FN3O4. The van der Waals surface area contributed by atoms with Crippen molar-refractivity contribution in [1.82, 2.24) is 5.32 Å². The van der Waals surface area contributed by atoms with Crippen molar-refractivity contribution in [3.63, 3.8) is 0 Å². The second kappa shape index (κ2) is 7.22. The third-order valence-electron chi connectivity index (χ3n) is 2.79. The van der Waals surface area contributed by atoms with Gasteiger partial charge in [0.05, 0.1) is 0 Å². The van der Waals surface area contributed by atoms with E-state index in [1.165, 1.54) is 31.3 Å². The Kier molecular flexibility index (Phi) is 5.65. The van der Waals surface area contributed by atoms with E-state index in [1.807, 2.05) is 0 Å². The molecule has 114 valence electrons. The fourth-order valence-electron chi connectivity index (χ4n) is 1.57. The van der Waals surface area contributed by atoms with E-state index in [-0.39, 0.29) is 12.8 Å². The van der Waals surface area contributed by atoms with Crippen LogP contribution in [0.15, 0.2) is 24.3 Å². The number of urea groups is 1. The molecule has 0 saturated carbocycles. The van der Waals surface area contributed by atoms with E-state index in [2.05, 4.69) is 5.32 Å². The summed E-state index contributed by atoms with van der Waals surface area (Å²) in [5.41, 5.74) is 5.34. The van der Waals surface area contributed by atoms with Crippen LogP contribution in [0.3, 0.4) is 0 Å². The Morgan fingerprint density at radius 1 is 1.33 bits per heavy atom. The van der Waals surface area contributed by atoms with Gasteiger partial charge in [-0.1, -0.05) is 0 Å². The number of carboxylic acid groups (broad SMARTS) is 1. The smallest absolute Gasteiger partial charge is 0.326 e. The third-order valence-corrected chi connectivity index (χ3v) is 2.79. The summed E-state index contributed by atoms with van der Waals surface area (Å²) >= 11 is 0. The van der Waals surface area contributed by atoms with Gasteiger partial charge < -0.3 is 16.2 Å². The molecule has 1 unspecified atom stereocenters. The molecule has 1 atom stereocenters. The minimum absolute atomic E-state index is 0.104. The summed E-state index contributed by atoms with van der Waals surface area (Å²) in [7, 11) is 1.41. The molecule has 0 fully saturated rings. The van der Waals surface area contributed by atoms with E-state index in [4.69, 9.17) is 10.8 Å². The van der Waals surface area contributed by atoms with Crippen LogP contribution in [-0.4, -0.2) is 36.1 Å². The number of hydrogen-bond donors (Lipinski definition) is 3. The number of rotatable bonds is 6. The van der Waals surface area contributed by atoms with Gasteiger partial charge in [-0.05, 0) is 30.7 Å². The molecule has 3 amide bonds. The van der Waals surface area contributed by atoms with E-state index < -0.39 is 29.8 Å². The van der Waals surface area contributed by atoms with Crippen LogP contribution in [0, 0.1) is 5.82 Å². The second-order valence-corrected chi connectivity index (χ2v) is 4.38. The molecule has 0 bridgehead atoms. The molecule has 0 heterocycles. The van der Waals surface area contributed by atoms with E-state index in [0.717, 1.165) is 4.90 Å². The molecule has 21 heavy (non-hydrogen) atoms. The first kappa shape index (κ1) is 16.4. The molecule has 8 heteroatoms. The summed E-state index contributed by atoms with van der Waals surface area (Å²) in [6.07, 6.45) is -0.259. The molecule has 0 aliphatic carbocycles. The van der Waals surface area contributed by atoms with Crippen LogP contribution in [0.25, 0.3) is 0 Å². The largest absolute Gasteiger partial charge is 0.480 e. The van der Waals surface area contributed by atoms with E-state index >= 15 is 0 Å². The lowest BCUT2D eigenvalue weighted by Gasteiger charge is -2.21. The molecule has 0 aromatic heterocycles. The Balaban J connectivity index is 2.70. The molecule has 0 aliphatic heterocycles. The molecule has 4 N–H and O–H groups in total. The van der Waals surface area contributed by atoms with Crippen LogP contribution in [0.1, 0.15) is 12.8 Å². The molecule has 1 aromatic rings. The Morgan fingerprint density at radius 3 is 2.38 bits per heavy atom. The molecule has 1 aromatic carbocycles. The molecular weight excluding hydrogens is 281 g/mol. The number of aliphatic carboxylic acids is 1. The predicted molar refractivity (Wildman–Crippen MR) is 73.2 cm³/mol. The average Bonchev–Trinajstić information content (AvgIpc) is 2.42. The van der Waals surface area contributed by atoms with Gasteiger partial charge in [0.2, 0.25) is 5.91 Å². The summed E-state index contributed by atoms with van der Waals surface area (Å²) in [5.74, 6) is -2.36. The van der Waals surface area contributed by atoms with Crippen molar-refractivity contribution in [1.29, 1.82) is 0 Å². The first-order valence-corrected chi connectivity index (χ1v) is 6.12. The lowest BCUT2D eigenvalue weighted by Crippen LogP contribution is -2.47. The maximum atomic E-state index is 12.8. The van der Waals surface area contributed by atoms with E-state index in [1.54, 1.807) is 0 Å². The molecule has 0 spiro atoms. The second-order valence-electron chi connectivity index (χ2n) is 4.38. The number of carboxylic acids is 1. The highest BCUT2D eigenvalue weighted by Gasteiger charge is 2.22. The Morgan fingerprint density at radius 2 is 1.90 bits per heavy atom. The standard InChI is InChI=1S/C13H16FN3O4/c1-17(9-4-2-8(14)3-5-9)13(21)16-10(12(19)20)6-7-11(15)18/h2-5,10H,6-7H2,1H3,(H2,15,18)(H,16,21)(H,19,20). The zero-order valence-corrected chi connectivity index (χ0v) is 11.4. The number of nitrogens with zero attached hydrogens (tertiary/aromatic N) is 1. The number of amides is 3. The monoisotopic (exact) mass is 297 g/mol. The number of primary amides is 1. The van der Waals surface area contributed by atoms with Crippen LogP contribution >= 0.6 is 0 Å². The van der Waals surface area contributed by atoms with E-state index in [9.17, 15) is 18.8 Å². The van der Waals surface area contributed by atoms with Crippen molar-refractivity contribution in [3.05, 3.63) is 30.1 Å². The molecule has 0 saturated heterocycles. The van der Waals surface area contributed by atoms with Crippen LogP contribution in [-0.2, 0) is 9.59 Å². The molecule has 0 aliphatic rings. The first-order valence-electron chi connectivity index (χ1n) is 6.12. The fourth-order valence-corrected chi connectivity index (χ4v) is 1.57. The highest BCUT2D eigenvalue weighted by molar-refractivity contribution is 5.94. The van der Waals surface area contributed by atoms with Gasteiger partial charge in [-0.2, -0.15) is 0 Å². The van der Waals surface area contributed by atoms with Gasteiger partial charge in [0, 0.05) is 19.2 Å². The Bertz CT molecular complexity index is 533. The predicted octanol–water partition coefficient (Wildman–Crippen LogP) is 0.690. The quantitative estimate of drug-likeness (QED) is 0.717. The summed E-state index contributed by atoms with van der Waals surface area (Å²) < 4.78 is 12.8. The summed E-state index contributed by atoms with van der Waals surface area (Å²) in [6.45, 7) is 0. The maximum absolute atomic E-state index is 12.8. The molecule has 7 nitrogen and oxygen atoms in total. The van der Waals surface area contributed by atoms with Gasteiger partial charge in [-0.25, -0.2) is 14.0 Å². The van der Waals surface area contributed by atoms with Crippen molar-refractivity contribution in [2.45, 2.75) is 18.9 Å². The van der Waals surface area contributed by atoms with Crippen molar-refractivity contribution in [3.8, 4) is 0 Å². The summed E-state index contributed by atoms with van der Waals surface area (Å²) in [6, 6.07) is 3.22. The van der Waals surface area contributed by atoms with Crippen molar-refractivity contribution < 1.29 is 23.9 Å². The summed E-state index contributed by atoms with van der Waals surface area (Å²) in [4.78, 5) is 34.8. The van der Waals surface area contributed by atoms with Gasteiger partial charge in [0.1, 0.15) is 11.9 Å². The zero-order valence-electron chi connectivity index (χ0n) is 11.4. The minimum Gasteiger partial charge on any atom is -0.480 e. The fraction of sp³-hybridized carbons (Fsp3) is 0.308. The number of carbonyl (C=O) groups excluding carboxylic acids is 2. The van der Waals surface area contributed by atoms with Gasteiger partial charge in [-0.3, -0.25) is 9.69 Å². The van der Waals surface area contributed by atoms with Crippen LogP contribution < -0.4 is 16.0 Å². The van der Waals surface area contributed by atoms with Crippen molar-refractivity contribution in [2.24, 2.45) is 5.73 Å². The molecule has 1 rings (SSSR count). The number of anilines is 1. The lowest BCUT2D eigenvalue weighted by molar-refractivity contribution is -0.139. The van der Waals surface area contributed by atoms with Gasteiger partial charge >= 0.3 is 12.0 Å². The Labute approximate surface area is 120 Å². The maximum Gasteiger partial charge on any atom is 0.326 e. The third kappa shape index (κ3) is 5.09. The Hall–Kier alpha value is -2.64. The van der Waals surface area contributed by atoms with Gasteiger partial charge in [-0.15, -0.1) is 0 Å². The summed E-state index contributed by atoms with van der Waals surface area (Å²) in [5, 5.41) is 11.3. The molecule has 0 radical (unpaired) electrons. The lowest BCUT2D eigenvalue weighted by atomic mass is 10.1. The number of nitrogens with one attached hydrogen (secondary N) is 1. The van der Waals surface area contributed by atoms with Crippen LogP contribution in [0.2, 0.25) is 0 Å². The zero-order chi connectivity index (χ0) is 16.0. The number of nitrogens with two attached hydrogens (primary N) is 1. The number of benzene rings is 1. The van der Waals surface area contributed by atoms with Crippen molar-refractivity contribution in [2.75, 3.05) is 11.9 Å². The van der Waals surface area contributed by atoms with Gasteiger partial charge in [0.25, 0.3) is 0 Å². The van der Waals surface area contributed by atoms with Crippen molar-refractivity contribution >= 4 is 23.6 Å². The number of hydrogen-bond acceptors (Lipinski definition) is 3. The first-order chi connectivity index (χ1) is 9.81. The van der Waals surface area contributed by atoms with Gasteiger partial charge in [0.15, 0.2) is 0 Å². The van der Waals surface area contributed by atoms with Crippen LogP contribution in [0.5, 0.6) is 0 Å². The average molecular weight is 297 g/mol.